The molecule has 37 heavy (non-hydrogen) atoms. The normalized spacial score (nSPS) is 23.3. The van der Waals surface area contributed by atoms with Crippen LogP contribution in [-0.2, 0) is 11.2 Å². The molecule has 1 aromatic rings. The van der Waals surface area contributed by atoms with Gasteiger partial charge in [-0.25, -0.2) is 14.2 Å². The highest BCUT2D eigenvalue weighted by molar-refractivity contribution is 6.10. The van der Waals surface area contributed by atoms with Crippen LogP contribution in [0.2, 0.25) is 0 Å². The Bertz CT molecular complexity index is 1130. The number of aliphatic imine (C=N–C) groups is 1. The summed E-state index contributed by atoms with van der Waals surface area (Å²) in [6.45, 7) is 5.57. The van der Waals surface area contributed by atoms with Crippen LogP contribution in [0.1, 0.15) is 55.7 Å². The first-order valence-electron chi connectivity index (χ1n) is 13.2. The van der Waals surface area contributed by atoms with Gasteiger partial charge in [0.2, 0.25) is 5.91 Å². The van der Waals surface area contributed by atoms with Crippen LogP contribution in [0, 0.1) is 0 Å². The van der Waals surface area contributed by atoms with E-state index in [0.717, 1.165) is 63.0 Å². The lowest BCUT2D eigenvalue weighted by Crippen LogP contribution is -2.54. The van der Waals surface area contributed by atoms with Crippen LogP contribution in [0.15, 0.2) is 34.6 Å². The molecular formula is C27H37F2N7O. The minimum atomic E-state index is -2.65. The fraction of sp³-hybridized carbons (Fsp3) is 0.556. The summed E-state index contributed by atoms with van der Waals surface area (Å²) in [5.74, 6) is 0.0629. The highest BCUT2D eigenvalue weighted by atomic mass is 19.3. The Morgan fingerprint density at radius 1 is 1.22 bits per heavy atom. The van der Waals surface area contributed by atoms with Crippen LogP contribution in [0.5, 0.6) is 0 Å². The van der Waals surface area contributed by atoms with Crippen LogP contribution in [-0.4, -0.2) is 74.0 Å². The van der Waals surface area contributed by atoms with E-state index in [0.29, 0.717) is 30.3 Å². The molecule has 0 bridgehead atoms. The molecule has 200 valence electrons. The summed E-state index contributed by atoms with van der Waals surface area (Å²) in [7, 11) is 1.60. The van der Waals surface area contributed by atoms with Gasteiger partial charge in [0, 0.05) is 86.6 Å². The minimum absolute atomic E-state index is 0.0429. The van der Waals surface area contributed by atoms with Gasteiger partial charge in [0.25, 0.3) is 6.43 Å². The summed E-state index contributed by atoms with van der Waals surface area (Å²) in [6.07, 6.45) is 4.63. The molecule has 0 aliphatic carbocycles. The fourth-order valence-electron chi connectivity index (χ4n) is 6.22. The second-order valence-corrected chi connectivity index (χ2v) is 10.2. The van der Waals surface area contributed by atoms with Gasteiger partial charge in [-0.15, -0.1) is 0 Å². The van der Waals surface area contributed by atoms with Crippen molar-refractivity contribution in [3.63, 3.8) is 0 Å². The van der Waals surface area contributed by atoms with Crippen molar-refractivity contribution in [2.75, 3.05) is 44.7 Å². The molecule has 8 nitrogen and oxygen atoms in total. The van der Waals surface area contributed by atoms with Gasteiger partial charge >= 0.3 is 0 Å². The van der Waals surface area contributed by atoms with Crippen LogP contribution in [0.4, 0.5) is 14.5 Å². The van der Waals surface area contributed by atoms with Crippen molar-refractivity contribution in [2.45, 2.75) is 57.7 Å². The van der Waals surface area contributed by atoms with Gasteiger partial charge in [-0.3, -0.25) is 9.79 Å². The number of alkyl halides is 2. The number of halogens is 2. The van der Waals surface area contributed by atoms with Gasteiger partial charge in [0.05, 0.1) is 0 Å². The van der Waals surface area contributed by atoms with Crippen molar-refractivity contribution in [3.8, 4) is 0 Å². The quantitative estimate of drug-likeness (QED) is 0.525. The third kappa shape index (κ3) is 4.84. The number of rotatable bonds is 5. The minimum Gasteiger partial charge on any atom is -0.404 e. The second kappa shape index (κ2) is 10.8. The van der Waals surface area contributed by atoms with Crippen molar-refractivity contribution < 1.29 is 13.6 Å². The maximum Gasteiger partial charge on any atom is 0.264 e. The molecule has 4 N–H and O–H groups in total. The SMILES string of the molecule is CN=C/C(=C\N)c1cc2c(cc1C(F)F)N(C1NN(C3CCNCC3)C3=C1CN(C(C)=O)CC3)CCC2. The molecule has 1 unspecified atom stereocenters. The first-order chi connectivity index (χ1) is 17.9. The maximum atomic E-state index is 14.3. The summed E-state index contributed by atoms with van der Waals surface area (Å²) in [5, 5.41) is 5.77. The highest BCUT2D eigenvalue weighted by Crippen LogP contribution is 2.41. The number of carbonyl (C=O) groups is 1. The molecule has 1 amide bonds. The number of fused-ring (bicyclic) bond motifs is 1. The van der Waals surface area contributed by atoms with Gasteiger partial charge in [-0.2, -0.15) is 0 Å². The number of amides is 1. The summed E-state index contributed by atoms with van der Waals surface area (Å²) >= 11 is 0. The van der Waals surface area contributed by atoms with E-state index in [4.69, 9.17) is 5.73 Å². The number of piperidine rings is 1. The molecule has 0 saturated carbocycles. The van der Waals surface area contributed by atoms with Crippen molar-refractivity contribution >= 4 is 23.4 Å². The summed E-state index contributed by atoms with van der Waals surface area (Å²) < 4.78 is 28.7. The molecule has 1 aromatic carbocycles. The monoisotopic (exact) mass is 513 g/mol. The van der Waals surface area contributed by atoms with E-state index in [9.17, 15) is 13.6 Å². The average molecular weight is 514 g/mol. The van der Waals surface area contributed by atoms with Crippen LogP contribution >= 0.6 is 0 Å². The highest BCUT2D eigenvalue weighted by Gasteiger charge is 2.42. The molecular weight excluding hydrogens is 476 g/mol. The number of nitrogens with zero attached hydrogens (tertiary/aromatic N) is 4. The van der Waals surface area contributed by atoms with Crippen LogP contribution < -0.4 is 21.4 Å². The molecule has 0 radical (unpaired) electrons. The Morgan fingerprint density at radius 3 is 2.68 bits per heavy atom. The number of aryl methyl sites for hydroxylation is 1. The van der Waals surface area contributed by atoms with E-state index < -0.39 is 6.43 Å². The number of allylic oxidation sites excluding steroid dienone is 1. The van der Waals surface area contributed by atoms with E-state index in [1.54, 1.807) is 20.0 Å². The first kappa shape index (κ1) is 25.7. The Labute approximate surface area is 217 Å². The topological polar surface area (TPSA) is 89.2 Å². The maximum absolute atomic E-state index is 14.3. The zero-order chi connectivity index (χ0) is 26.1. The average Bonchev–Trinajstić information content (AvgIpc) is 3.29. The van der Waals surface area contributed by atoms with E-state index in [2.05, 4.69) is 25.6 Å². The van der Waals surface area contributed by atoms with E-state index in [-0.39, 0.29) is 17.6 Å². The van der Waals surface area contributed by atoms with Crippen molar-refractivity contribution in [1.82, 2.24) is 20.7 Å². The lowest BCUT2D eigenvalue weighted by Gasteiger charge is -2.40. The number of hydrogen-bond acceptors (Lipinski definition) is 7. The smallest absolute Gasteiger partial charge is 0.264 e. The number of hydrogen-bond donors (Lipinski definition) is 3. The lowest BCUT2D eigenvalue weighted by molar-refractivity contribution is -0.128. The lowest BCUT2D eigenvalue weighted by atomic mass is 9.91. The van der Waals surface area contributed by atoms with E-state index >= 15 is 0 Å². The first-order valence-corrected chi connectivity index (χ1v) is 13.2. The Kier molecular flexibility index (Phi) is 7.48. The number of carbonyl (C=O) groups excluding carboxylic acids is 1. The van der Waals surface area contributed by atoms with Crippen molar-refractivity contribution in [2.24, 2.45) is 10.7 Å². The summed E-state index contributed by atoms with van der Waals surface area (Å²) in [5.41, 5.74) is 14.7. The predicted molar refractivity (Wildman–Crippen MR) is 142 cm³/mol. The Balaban J connectivity index is 1.55. The molecule has 1 saturated heterocycles. The van der Waals surface area contributed by atoms with E-state index in [1.165, 1.54) is 23.7 Å². The zero-order valence-corrected chi connectivity index (χ0v) is 21.6. The Hall–Kier alpha value is -2.98. The molecule has 1 atom stereocenters. The molecule has 4 aliphatic rings. The molecule has 1 fully saturated rings. The zero-order valence-electron chi connectivity index (χ0n) is 21.6. The number of benzene rings is 1. The van der Waals surface area contributed by atoms with Gasteiger partial charge in [-0.1, -0.05) is 0 Å². The molecule has 10 heteroatoms. The van der Waals surface area contributed by atoms with Crippen molar-refractivity contribution in [1.29, 1.82) is 0 Å². The summed E-state index contributed by atoms with van der Waals surface area (Å²) in [6, 6.07) is 3.87. The molecule has 5 rings (SSSR count). The Morgan fingerprint density at radius 2 is 2.00 bits per heavy atom. The predicted octanol–water partition coefficient (Wildman–Crippen LogP) is 2.78. The largest absolute Gasteiger partial charge is 0.404 e. The van der Waals surface area contributed by atoms with Gasteiger partial charge < -0.3 is 25.9 Å². The number of nitrogens with two attached hydrogens (primary N) is 1. The number of hydrazine groups is 1. The van der Waals surface area contributed by atoms with Gasteiger partial charge in [0.1, 0.15) is 6.17 Å². The fourth-order valence-corrected chi connectivity index (χ4v) is 6.22. The van der Waals surface area contributed by atoms with Crippen molar-refractivity contribution in [3.05, 3.63) is 46.3 Å². The third-order valence-corrected chi connectivity index (χ3v) is 8.06. The van der Waals surface area contributed by atoms with E-state index in [1.807, 2.05) is 11.0 Å². The molecule has 4 aliphatic heterocycles. The number of nitrogens with one attached hydrogen (secondary N) is 2. The third-order valence-electron chi connectivity index (χ3n) is 8.06. The summed E-state index contributed by atoms with van der Waals surface area (Å²) in [4.78, 5) is 20.4. The van der Waals surface area contributed by atoms with Gasteiger partial charge in [0.15, 0.2) is 0 Å². The van der Waals surface area contributed by atoms with Crippen LogP contribution in [0.25, 0.3) is 5.57 Å². The number of anilines is 1. The standard InChI is InChI=1S/C27H37F2N7O/c1-17(37)34-11-7-24-23(16-34)27(33-36(24)20-5-8-32-9-6-20)35-10-3-4-18-12-21(19(14-30)15-31-2)22(26(28)29)13-25(18)35/h12-15,20,26-27,32-33H,3-11,16,30H2,1-2H3/b19-14+,31-15?. The molecule has 0 aromatic heterocycles. The second-order valence-electron chi connectivity index (χ2n) is 10.2. The molecule has 0 spiro atoms. The van der Waals surface area contributed by atoms with Crippen LogP contribution in [0.3, 0.4) is 0 Å². The molecule has 4 heterocycles. The van der Waals surface area contributed by atoms with Gasteiger partial charge in [-0.05, 0) is 62.0 Å².